The smallest absolute Gasteiger partial charge is 0.321 e. The van der Waals surface area contributed by atoms with Crippen molar-refractivity contribution in [3.63, 3.8) is 0 Å². The van der Waals surface area contributed by atoms with Gasteiger partial charge in [-0.1, -0.05) is 0 Å². The molecule has 28 heavy (non-hydrogen) atoms. The second kappa shape index (κ2) is 9.16. The highest BCUT2D eigenvalue weighted by molar-refractivity contribution is 5.90. The lowest BCUT2D eigenvalue weighted by atomic mass is 10.1. The van der Waals surface area contributed by atoms with Gasteiger partial charge in [-0.3, -0.25) is 4.98 Å². The minimum absolute atomic E-state index is 0.0539. The summed E-state index contributed by atoms with van der Waals surface area (Å²) in [4.78, 5) is 18.5. The summed E-state index contributed by atoms with van der Waals surface area (Å²) in [6.07, 6.45) is 5.09. The molecule has 1 N–H and O–H groups in total. The van der Waals surface area contributed by atoms with Crippen LogP contribution in [0.1, 0.15) is 12.8 Å². The molecular formula is C20H25N3O5. The Morgan fingerprint density at radius 3 is 2.39 bits per heavy atom. The second-order valence-corrected chi connectivity index (χ2v) is 6.36. The third-order valence-electron chi connectivity index (χ3n) is 4.53. The zero-order valence-corrected chi connectivity index (χ0v) is 16.3. The Morgan fingerprint density at radius 2 is 1.79 bits per heavy atom. The van der Waals surface area contributed by atoms with Crippen molar-refractivity contribution < 1.29 is 23.7 Å². The van der Waals surface area contributed by atoms with Crippen LogP contribution in [0, 0.1) is 0 Å². The van der Waals surface area contributed by atoms with Gasteiger partial charge in [-0.2, -0.15) is 0 Å². The van der Waals surface area contributed by atoms with Gasteiger partial charge in [0.2, 0.25) is 5.75 Å². The number of benzene rings is 1. The van der Waals surface area contributed by atoms with Gasteiger partial charge in [0, 0.05) is 31.1 Å². The number of ether oxygens (including phenoxy) is 4. The van der Waals surface area contributed by atoms with E-state index < -0.39 is 0 Å². The van der Waals surface area contributed by atoms with Crippen molar-refractivity contribution in [1.29, 1.82) is 0 Å². The zero-order valence-electron chi connectivity index (χ0n) is 16.3. The Morgan fingerprint density at radius 1 is 1.11 bits per heavy atom. The number of piperidine rings is 1. The number of likely N-dealkylation sites (tertiary alicyclic amines) is 1. The number of carbonyl (C=O) groups excluding carboxylic acids is 1. The van der Waals surface area contributed by atoms with Crippen molar-refractivity contribution in [1.82, 2.24) is 9.88 Å². The average molecular weight is 387 g/mol. The van der Waals surface area contributed by atoms with E-state index in [1.807, 2.05) is 12.1 Å². The third-order valence-corrected chi connectivity index (χ3v) is 4.53. The summed E-state index contributed by atoms with van der Waals surface area (Å²) in [6, 6.07) is 6.84. The Labute approximate surface area is 164 Å². The number of hydrogen-bond acceptors (Lipinski definition) is 6. The topological polar surface area (TPSA) is 82.2 Å². The van der Waals surface area contributed by atoms with Crippen LogP contribution in [-0.4, -0.2) is 56.4 Å². The maximum Gasteiger partial charge on any atom is 0.321 e. The molecule has 2 amide bonds. The molecule has 1 unspecified atom stereocenters. The summed E-state index contributed by atoms with van der Waals surface area (Å²) in [6.45, 7) is 1.19. The van der Waals surface area contributed by atoms with E-state index in [9.17, 15) is 4.79 Å². The molecule has 1 atom stereocenters. The summed E-state index contributed by atoms with van der Waals surface area (Å²) in [7, 11) is 4.61. The molecule has 0 aliphatic carbocycles. The van der Waals surface area contributed by atoms with Crippen molar-refractivity contribution in [3.05, 3.63) is 36.7 Å². The van der Waals surface area contributed by atoms with Crippen LogP contribution in [-0.2, 0) is 0 Å². The highest BCUT2D eigenvalue weighted by atomic mass is 16.5. The standard InChI is InChI=1S/C20H25N3O5/c1-25-17-11-14(12-18(26-2)19(17)27-3)22-20(24)23-10-4-5-16(13-23)28-15-6-8-21-9-7-15/h6-9,11-12,16H,4-5,10,13H2,1-3H3,(H,22,24). The fourth-order valence-electron chi connectivity index (χ4n) is 3.18. The normalized spacial score (nSPS) is 16.2. The molecule has 0 bridgehead atoms. The summed E-state index contributed by atoms with van der Waals surface area (Å²) >= 11 is 0. The Bertz CT molecular complexity index is 775. The van der Waals surface area contributed by atoms with E-state index in [0.717, 1.165) is 18.6 Å². The molecule has 0 spiro atoms. The Hall–Kier alpha value is -3.16. The number of aromatic nitrogens is 1. The first-order valence-corrected chi connectivity index (χ1v) is 9.07. The predicted octanol–water partition coefficient (Wildman–Crippen LogP) is 3.18. The molecule has 8 heteroatoms. The number of anilines is 1. The molecule has 1 saturated heterocycles. The van der Waals surface area contributed by atoms with E-state index in [1.54, 1.807) is 29.4 Å². The molecule has 0 radical (unpaired) electrons. The largest absolute Gasteiger partial charge is 0.493 e. The lowest BCUT2D eigenvalue weighted by molar-refractivity contribution is 0.106. The van der Waals surface area contributed by atoms with Crippen molar-refractivity contribution in [2.45, 2.75) is 18.9 Å². The SMILES string of the molecule is COc1cc(NC(=O)N2CCCC(Oc3ccncc3)C2)cc(OC)c1OC. The number of pyridine rings is 1. The van der Waals surface area contributed by atoms with Crippen LogP contribution >= 0.6 is 0 Å². The highest BCUT2D eigenvalue weighted by Crippen LogP contribution is 2.40. The summed E-state index contributed by atoms with van der Waals surface area (Å²) in [5, 5.41) is 2.90. The molecule has 0 saturated carbocycles. The van der Waals surface area contributed by atoms with Crippen LogP contribution in [0.3, 0.4) is 0 Å². The van der Waals surface area contributed by atoms with Crippen molar-refractivity contribution in [2.75, 3.05) is 39.7 Å². The predicted molar refractivity (Wildman–Crippen MR) is 105 cm³/mol. The quantitative estimate of drug-likeness (QED) is 0.820. The van der Waals surface area contributed by atoms with Crippen LogP contribution in [0.25, 0.3) is 0 Å². The van der Waals surface area contributed by atoms with Crippen LogP contribution in [0.2, 0.25) is 0 Å². The molecule has 8 nitrogen and oxygen atoms in total. The van der Waals surface area contributed by atoms with Crippen molar-refractivity contribution in [2.24, 2.45) is 0 Å². The van der Waals surface area contributed by atoms with Gasteiger partial charge >= 0.3 is 6.03 Å². The van der Waals surface area contributed by atoms with E-state index in [0.29, 0.717) is 36.0 Å². The van der Waals surface area contributed by atoms with Gasteiger partial charge in [-0.15, -0.1) is 0 Å². The van der Waals surface area contributed by atoms with Crippen molar-refractivity contribution in [3.8, 4) is 23.0 Å². The molecule has 1 aliphatic heterocycles. The van der Waals surface area contributed by atoms with Crippen molar-refractivity contribution >= 4 is 11.7 Å². The second-order valence-electron chi connectivity index (χ2n) is 6.36. The summed E-state index contributed by atoms with van der Waals surface area (Å²) in [5.41, 5.74) is 0.566. The molecule has 1 aliphatic rings. The van der Waals surface area contributed by atoms with Crippen LogP contribution in [0.15, 0.2) is 36.7 Å². The molecule has 1 fully saturated rings. The maximum atomic E-state index is 12.8. The van der Waals surface area contributed by atoms with Gasteiger partial charge < -0.3 is 29.2 Å². The van der Waals surface area contributed by atoms with E-state index in [4.69, 9.17) is 18.9 Å². The zero-order chi connectivity index (χ0) is 19.9. The average Bonchev–Trinajstić information content (AvgIpc) is 2.73. The van der Waals surface area contributed by atoms with Gasteiger partial charge in [0.05, 0.1) is 33.6 Å². The number of methoxy groups -OCH3 is 3. The molecule has 150 valence electrons. The number of carbonyl (C=O) groups is 1. The molecule has 2 heterocycles. The van der Waals surface area contributed by atoms with Gasteiger partial charge in [0.15, 0.2) is 11.5 Å². The monoisotopic (exact) mass is 387 g/mol. The highest BCUT2D eigenvalue weighted by Gasteiger charge is 2.25. The first-order valence-electron chi connectivity index (χ1n) is 9.07. The Kier molecular flexibility index (Phi) is 6.41. The molecular weight excluding hydrogens is 362 g/mol. The van der Waals surface area contributed by atoms with Gasteiger partial charge in [0.25, 0.3) is 0 Å². The van der Waals surface area contributed by atoms with E-state index in [2.05, 4.69) is 10.3 Å². The van der Waals surface area contributed by atoms with Crippen LogP contribution in [0.5, 0.6) is 23.0 Å². The fourth-order valence-corrected chi connectivity index (χ4v) is 3.18. The van der Waals surface area contributed by atoms with Crippen LogP contribution < -0.4 is 24.3 Å². The number of nitrogens with one attached hydrogen (secondary N) is 1. The Balaban J connectivity index is 1.67. The maximum absolute atomic E-state index is 12.8. The lowest BCUT2D eigenvalue weighted by Crippen LogP contribution is -2.46. The summed E-state index contributed by atoms with van der Waals surface area (Å²) < 4.78 is 22.0. The van der Waals surface area contributed by atoms with Crippen LogP contribution in [0.4, 0.5) is 10.5 Å². The van der Waals surface area contributed by atoms with E-state index in [1.165, 1.54) is 21.3 Å². The van der Waals surface area contributed by atoms with E-state index >= 15 is 0 Å². The lowest BCUT2D eigenvalue weighted by Gasteiger charge is -2.33. The molecule has 1 aromatic heterocycles. The fraction of sp³-hybridized carbons (Fsp3) is 0.400. The molecule has 3 rings (SSSR count). The van der Waals surface area contributed by atoms with Gasteiger partial charge in [0.1, 0.15) is 11.9 Å². The third kappa shape index (κ3) is 4.57. The number of urea groups is 1. The first kappa shape index (κ1) is 19.6. The summed E-state index contributed by atoms with van der Waals surface area (Å²) in [5.74, 6) is 2.20. The van der Waals surface area contributed by atoms with E-state index in [-0.39, 0.29) is 12.1 Å². The number of nitrogens with zero attached hydrogens (tertiary/aromatic N) is 2. The van der Waals surface area contributed by atoms with Gasteiger partial charge in [-0.25, -0.2) is 4.79 Å². The van der Waals surface area contributed by atoms with Gasteiger partial charge in [-0.05, 0) is 25.0 Å². The first-order chi connectivity index (χ1) is 13.6. The number of hydrogen-bond donors (Lipinski definition) is 1. The number of rotatable bonds is 6. The number of amides is 2. The molecule has 2 aromatic rings. The minimum atomic E-state index is -0.197. The molecule has 1 aromatic carbocycles. The minimum Gasteiger partial charge on any atom is -0.493 e.